The standard InChI is InChI=1S/C13H12BrN3O2/c1-7-6-9(14)4-5-10(7)17-12(8-2-3-8)11(13(18)19)15-16-17/h4-6,8H,2-3H2,1H3,(H,18,19). The zero-order valence-corrected chi connectivity index (χ0v) is 11.9. The van der Waals surface area contributed by atoms with Gasteiger partial charge in [0.2, 0.25) is 0 Å². The van der Waals surface area contributed by atoms with Gasteiger partial charge in [0.05, 0.1) is 11.4 Å². The Balaban J connectivity index is 2.17. The molecule has 98 valence electrons. The number of carbonyl (C=O) groups is 1. The maximum absolute atomic E-state index is 11.2. The van der Waals surface area contributed by atoms with Gasteiger partial charge in [0.1, 0.15) is 0 Å². The second-order valence-electron chi connectivity index (χ2n) is 4.75. The van der Waals surface area contributed by atoms with Crippen molar-refractivity contribution in [3.8, 4) is 5.69 Å². The molecule has 1 aromatic carbocycles. The minimum atomic E-state index is -1.01. The molecule has 19 heavy (non-hydrogen) atoms. The smallest absolute Gasteiger partial charge is 0.358 e. The van der Waals surface area contributed by atoms with E-state index in [1.54, 1.807) is 4.68 Å². The Hall–Kier alpha value is -1.69. The molecule has 1 aromatic heterocycles. The summed E-state index contributed by atoms with van der Waals surface area (Å²) < 4.78 is 2.66. The summed E-state index contributed by atoms with van der Waals surface area (Å²) in [5.74, 6) is -0.743. The molecule has 1 saturated carbocycles. The van der Waals surface area contributed by atoms with Gasteiger partial charge in [0, 0.05) is 10.4 Å². The van der Waals surface area contributed by atoms with Crippen LogP contribution in [0, 0.1) is 6.92 Å². The zero-order valence-electron chi connectivity index (χ0n) is 10.3. The van der Waals surface area contributed by atoms with Gasteiger partial charge < -0.3 is 5.11 Å². The first-order valence-electron chi connectivity index (χ1n) is 6.03. The first-order valence-corrected chi connectivity index (χ1v) is 6.82. The summed E-state index contributed by atoms with van der Waals surface area (Å²) in [6.07, 6.45) is 2.01. The number of aromatic nitrogens is 3. The molecule has 0 atom stereocenters. The number of aromatic carboxylic acids is 1. The van der Waals surface area contributed by atoms with Gasteiger partial charge in [0.15, 0.2) is 5.69 Å². The number of nitrogens with zero attached hydrogens (tertiary/aromatic N) is 3. The van der Waals surface area contributed by atoms with Crippen molar-refractivity contribution < 1.29 is 9.90 Å². The molecule has 1 aliphatic carbocycles. The first-order chi connectivity index (χ1) is 9.08. The van der Waals surface area contributed by atoms with Crippen LogP contribution >= 0.6 is 15.9 Å². The lowest BCUT2D eigenvalue weighted by Gasteiger charge is -2.09. The average molecular weight is 322 g/mol. The predicted molar refractivity (Wildman–Crippen MR) is 72.7 cm³/mol. The highest BCUT2D eigenvalue weighted by molar-refractivity contribution is 9.10. The number of halogens is 1. The number of carboxylic acids is 1. The fraction of sp³-hybridized carbons (Fsp3) is 0.308. The summed E-state index contributed by atoms with van der Waals surface area (Å²) in [4.78, 5) is 11.2. The molecule has 6 heteroatoms. The highest BCUT2D eigenvalue weighted by Gasteiger charge is 2.34. The van der Waals surface area contributed by atoms with Crippen LogP contribution in [0.3, 0.4) is 0 Å². The van der Waals surface area contributed by atoms with E-state index in [2.05, 4.69) is 26.2 Å². The molecule has 1 N–H and O–H groups in total. The molecule has 0 saturated heterocycles. The fourth-order valence-electron chi connectivity index (χ4n) is 2.20. The SMILES string of the molecule is Cc1cc(Br)ccc1-n1nnc(C(=O)O)c1C1CC1. The molecule has 1 heterocycles. The van der Waals surface area contributed by atoms with Gasteiger partial charge in [-0.2, -0.15) is 0 Å². The lowest BCUT2D eigenvalue weighted by Crippen LogP contribution is -2.07. The number of benzene rings is 1. The van der Waals surface area contributed by atoms with Crippen LogP contribution in [-0.2, 0) is 0 Å². The first kappa shape index (κ1) is 12.3. The number of hydrogen-bond acceptors (Lipinski definition) is 3. The van der Waals surface area contributed by atoms with Crippen LogP contribution in [0.4, 0.5) is 0 Å². The van der Waals surface area contributed by atoms with Gasteiger partial charge in [-0.05, 0) is 43.5 Å². The summed E-state index contributed by atoms with van der Waals surface area (Å²) in [5.41, 5.74) is 2.70. The Bertz CT molecular complexity index is 662. The molecule has 0 amide bonds. The highest BCUT2D eigenvalue weighted by atomic mass is 79.9. The number of aryl methyl sites for hydroxylation is 1. The van der Waals surface area contributed by atoms with E-state index in [1.165, 1.54) is 0 Å². The van der Waals surface area contributed by atoms with E-state index in [0.29, 0.717) is 0 Å². The molecule has 1 aliphatic rings. The van der Waals surface area contributed by atoms with Crippen LogP contribution in [-0.4, -0.2) is 26.1 Å². The van der Waals surface area contributed by atoms with Crippen LogP contribution < -0.4 is 0 Å². The molecule has 0 radical (unpaired) electrons. The molecule has 5 nitrogen and oxygen atoms in total. The lowest BCUT2D eigenvalue weighted by atomic mass is 10.1. The molecule has 2 aromatic rings. The predicted octanol–water partition coefficient (Wildman–Crippen LogP) is 2.91. The van der Waals surface area contributed by atoms with Gasteiger partial charge in [-0.1, -0.05) is 21.1 Å². The minimum Gasteiger partial charge on any atom is -0.476 e. The van der Waals surface area contributed by atoms with E-state index < -0.39 is 5.97 Å². The fourth-order valence-corrected chi connectivity index (χ4v) is 2.67. The molecule has 1 fully saturated rings. The number of hydrogen-bond donors (Lipinski definition) is 1. The summed E-state index contributed by atoms with van der Waals surface area (Å²) in [7, 11) is 0. The molecule has 0 aliphatic heterocycles. The van der Waals surface area contributed by atoms with E-state index in [9.17, 15) is 9.90 Å². The van der Waals surface area contributed by atoms with E-state index >= 15 is 0 Å². The summed E-state index contributed by atoms with van der Waals surface area (Å²) in [6.45, 7) is 1.97. The van der Waals surface area contributed by atoms with Crippen molar-refractivity contribution in [1.29, 1.82) is 0 Å². The van der Waals surface area contributed by atoms with Gasteiger partial charge in [-0.15, -0.1) is 5.10 Å². The second kappa shape index (κ2) is 4.45. The van der Waals surface area contributed by atoms with Crippen molar-refractivity contribution in [2.24, 2.45) is 0 Å². The summed E-state index contributed by atoms with van der Waals surface area (Å²) in [6, 6.07) is 5.82. The Morgan fingerprint density at radius 3 is 2.79 bits per heavy atom. The molecule has 0 unspecified atom stereocenters. The normalized spacial score (nSPS) is 14.6. The third-order valence-electron chi connectivity index (χ3n) is 3.26. The van der Waals surface area contributed by atoms with Gasteiger partial charge in [-0.3, -0.25) is 0 Å². The van der Waals surface area contributed by atoms with Gasteiger partial charge >= 0.3 is 5.97 Å². The quantitative estimate of drug-likeness (QED) is 0.943. The summed E-state index contributed by atoms with van der Waals surface area (Å²) in [5, 5.41) is 17.0. The molecule has 0 bridgehead atoms. The van der Waals surface area contributed by atoms with Crippen molar-refractivity contribution in [3.63, 3.8) is 0 Å². The van der Waals surface area contributed by atoms with E-state index in [-0.39, 0.29) is 11.6 Å². The van der Waals surface area contributed by atoms with Crippen molar-refractivity contribution in [2.45, 2.75) is 25.7 Å². The van der Waals surface area contributed by atoms with E-state index in [1.807, 2.05) is 25.1 Å². The van der Waals surface area contributed by atoms with Gasteiger partial charge in [-0.25, -0.2) is 9.48 Å². The lowest BCUT2D eigenvalue weighted by molar-refractivity contribution is 0.0689. The van der Waals surface area contributed by atoms with Crippen LogP contribution in [0.25, 0.3) is 5.69 Å². The molecular weight excluding hydrogens is 310 g/mol. The zero-order chi connectivity index (χ0) is 13.6. The largest absolute Gasteiger partial charge is 0.476 e. The van der Waals surface area contributed by atoms with Crippen LogP contribution in [0.15, 0.2) is 22.7 Å². The van der Waals surface area contributed by atoms with Crippen LogP contribution in [0.5, 0.6) is 0 Å². The number of rotatable bonds is 3. The average Bonchev–Trinajstić information content (AvgIpc) is 3.08. The Morgan fingerprint density at radius 1 is 1.47 bits per heavy atom. The molecular formula is C13H12BrN3O2. The van der Waals surface area contributed by atoms with Gasteiger partial charge in [0.25, 0.3) is 0 Å². The van der Waals surface area contributed by atoms with Crippen molar-refractivity contribution in [1.82, 2.24) is 15.0 Å². The number of carboxylic acid groups (broad SMARTS) is 1. The monoisotopic (exact) mass is 321 g/mol. The van der Waals surface area contributed by atoms with E-state index in [4.69, 9.17) is 0 Å². The maximum atomic E-state index is 11.2. The Kier molecular flexibility index (Phi) is 2.89. The minimum absolute atomic E-state index is 0.0739. The second-order valence-corrected chi connectivity index (χ2v) is 5.66. The third kappa shape index (κ3) is 2.16. The highest BCUT2D eigenvalue weighted by Crippen LogP contribution is 2.42. The van der Waals surface area contributed by atoms with Crippen LogP contribution in [0.1, 0.15) is 40.5 Å². The van der Waals surface area contributed by atoms with E-state index in [0.717, 1.165) is 34.3 Å². The topological polar surface area (TPSA) is 68.0 Å². The van der Waals surface area contributed by atoms with Crippen molar-refractivity contribution >= 4 is 21.9 Å². The van der Waals surface area contributed by atoms with Crippen LogP contribution in [0.2, 0.25) is 0 Å². The third-order valence-corrected chi connectivity index (χ3v) is 3.75. The maximum Gasteiger partial charge on any atom is 0.358 e. The Morgan fingerprint density at radius 2 is 2.21 bits per heavy atom. The van der Waals surface area contributed by atoms with Crippen molar-refractivity contribution in [3.05, 3.63) is 39.6 Å². The Labute approximate surface area is 118 Å². The molecule has 0 spiro atoms. The molecule has 3 rings (SSSR count). The summed E-state index contributed by atoms with van der Waals surface area (Å²) >= 11 is 3.42. The van der Waals surface area contributed by atoms with Crippen molar-refractivity contribution in [2.75, 3.05) is 0 Å².